The summed E-state index contributed by atoms with van der Waals surface area (Å²) in [5.41, 5.74) is 0. The molecular weight excluding hydrogens is 314 g/mol. The lowest BCUT2D eigenvalue weighted by Gasteiger charge is -2.25. The number of hydrogen-bond acceptors (Lipinski definition) is 6. The molecule has 2 rings (SSSR count). The Morgan fingerprint density at radius 2 is 1.86 bits per heavy atom. The normalized spacial score (nSPS) is 20.2. The fourth-order valence-corrected chi connectivity index (χ4v) is 3.75. The Labute approximate surface area is 125 Å². The maximum Gasteiger partial charge on any atom is 0.179 e. The lowest BCUT2D eigenvalue weighted by atomic mass is 10.1. The molecule has 1 N–H and O–H groups in total. The van der Waals surface area contributed by atoms with Gasteiger partial charge in [0.05, 0.1) is 4.90 Å². The molecule has 0 aromatic heterocycles. The molecule has 1 aliphatic rings. The zero-order valence-electron chi connectivity index (χ0n) is 12.0. The lowest BCUT2D eigenvalue weighted by molar-refractivity contribution is 0.163. The SMILES string of the molecule is CS(=O)(=O)c1ccc(OC2CCCNC2)c(S(C)(=O)=O)c1. The molecule has 1 heterocycles. The van der Waals surface area contributed by atoms with Crippen LogP contribution in [-0.2, 0) is 19.7 Å². The van der Waals surface area contributed by atoms with E-state index in [4.69, 9.17) is 4.74 Å². The third kappa shape index (κ3) is 4.18. The average Bonchev–Trinajstić information content (AvgIpc) is 2.38. The maximum atomic E-state index is 11.9. The van der Waals surface area contributed by atoms with Crippen LogP contribution in [0.15, 0.2) is 28.0 Å². The van der Waals surface area contributed by atoms with E-state index in [9.17, 15) is 16.8 Å². The van der Waals surface area contributed by atoms with Crippen molar-refractivity contribution in [3.63, 3.8) is 0 Å². The monoisotopic (exact) mass is 333 g/mol. The highest BCUT2D eigenvalue weighted by Gasteiger charge is 2.22. The van der Waals surface area contributed by atoms with Crippen LogP contribution in [0.2, 0.25) is 0 Å². The molecule has 21 heavy (non-hydrogen) atoms. The van der Waals surface area contributed by atoms with E-state index in [1.54, 1.807) is 0 Å². The van der Waals surface area contributed by atoms with E-state index in [2.05, 4.69) is 5.32 Å². The van der Waals surface area contributed by atoms with Crippen molar-refractivity contribution in [2.45, 2.75) is 28.7 Å². The van der Waals surface area contributed by atoms with Crippen LogP contribution >= 0.6 is 0 Å². The van der Waals surface area contributed by atoms with Gasteiger partial charge in [-0.25, -0.2) is 16.8 Å². The molecule has 118 valence electrons. The Hall–Kier alpha value is -1.12. The summed E-state index contributed by atoms with van der Waals surface area (Å²) in [6.45, 7) is 1.57. The second kappa shape index (κ2) is 5.94. The molecule has 1 aliphatic heterocycles. The van der Waals surface area contributed by atoms with Crippen molar-refractivity contribution in [1.29, 1.82) is 0 Å². The summed E-state index contributed by atoms with van der Waals surface area (Å²) < 4.78 is 52.6. The molecule has 0 bridgehead atoms. The van der Waals surface area contributed by atoms with Crippen molar-refractivity contribution in [2.75, 3.05) is 25.6 Å². The molecule has 1 aromatic rings. The minimum atomic E-state index is -3.58. The van der Waals surface area contributed by atoms with Crippen LogP contribution in [-0.4, -0.2) is 48.5 Å². The second-order valence-corrected chi connectivity index (χ2v) is 9.24. The largest absolute Gasteiger partial charge is 0.488 e. The molecule has 1 fully saturated rings. The van der Waals surface area contributed by atoms with Gasteiger partial charge in [-0.2, -0.15) is 0 Å². The fourth-order valence-electron chi connectivity index (χ4n) is 2.21. The van der Waals surface area contributed by atoms with Crippen LogP contribution in [0.25, 0.3) is 0 Å². The first-order chi connectivity index (χ1) is 9.68. The van der Waals surface area contributed by atoms with E-state index >= 15 is 0 Å². The molecule has 1 atom stereocenters. The van der Waals surface area contributed by atoms with Gasteiger partial charge in [0.1, 0.15) is 16.7 Å². The van der Waals surface area contributed by atoms with Gasteiger partial charge >= 0.3 is 0 Å². The molecule has 8 heteroatoms. The first kappa shape index (κ1) is 16.3. The van der Waals surface area contributed by atoms with E-state index in [1.165, 1.54) is 12.1 Å². The zero-order valence-corrected chi connectivity index (χ0v) is 13.6. The van der Waals surface area contributed by atoms with Crippen molar-refractivity contribution < 1.29 is 21.6 Å². The van der Waals surface area contributed by atoms with Gasteiger partial charge in [0.15, 0.2) is 19.7 Å². The zero-order chi connectivity index (χ0) is 15.7. The van der Waals surface area contributed by atoms with Gasteiger partial charge in [-0.05, 0) is 37.6 Å². The fraction of sp³-hybridized carbons (Fsp3) is 0.538. The summed E-state index contributed by atoms with van der Waals surface area (Å²) in [5.74, 6) is 0.207. The topological polar surface area (TPSA) is 89.5 Å². The smallest absolute Gasteiger partial charge is 0.179 e. The highest BCUT2D eigenvalue weighted by molar-refractivity contribution is 7.91. The summed E-state index contributed by atoms with van der Waals surface area (Å²) in [7, 11) is -7.04. The van der Waals surface area contributed by atoms with Gasteiger partial charge in [-0.1, -0.05) is 0 Å². The minimum absolute atomic E-state index is 0.0305. The summed E-state index contributed by atoms with van der Waals surface area (Å²) >= 11 is 0. The molecule has 6 nitrogen and oxygen atoms in total. The van der Waals surface area contributed by atoms with Gasteiger partial charge in [-0.15, -0.1) is 0 Å². The Bertz CT molecular complexity index is 719. The Morgan fingerprint density at radius 1 is 1.14 bits per heavy atom. The standard InChI is InChI=1S/C13H19NO5S2/c1-20(15,16)11-5-6-12(13(8-11)21(2,17)18)19-10-4-3-7-14-9-10/h5-6,8,10,14H,3-4,7,9H2,1-2H3. The number of nitrogens with one attached hydrogen (secondary N) is 1. The van der Waals surface area contributed by atoms with Gasteiger partial charge < -0.3 is 10.1 Å². The van der Waals surface area contributed by atoms with E-state index < -0.39 is 19.7 Å². The van der Waals surface area contributed by atoms with Crippen molar-refractivity contribution in [3.8, 4) is 5.75 Å². The molecule has 0 saturated carbocycles. The summed E-state index contributed by atoms with van der Waals surface area (Å²) in [4.78, 5) is -0.118. The highest BCUT2D eigenvalue weighted by Crippen LogP contribution is 2.28. The number of piperidine rings is 1. The van der Waals surface area contributed by atoms with Crippen LogP contribution in [0.3, 0.4) is 0 Å². The summed E-state index contributed by atoms with van der Waals surface area (Å²) in [6, 6.07) is 3.95. The number of sulfone groups is 2. The summed E-state index contributed by atoms with van der Waals surface area (Å²) in [5, 5.41) is 3.18. The number of rotatable bonds is 4. The molecule has 0 radical (unpaired) electrons. The van der Waals surface area contributed by atoms with Crippen molar-refractivity contribution >= 4 is 19.7 Å². The average molecular weight is 333 g/mol. The Kier molecular flexibility index (Phi) is 4.60. The third-order valence-corrected chi connectivity index (χ3v) is 5.52. The minimum Gasteiger partial charge on any atom is -0.488 e. The highest BCUT2D eigenvalue weighted by atomic mass is 32.2. The third-order valence-electron chi connectivity index (χ3n) is 3.29. The van der Waals surface area contributed by atoms with Crippen LogP contribution in [0.5, 0.6) is 5.75 Å². The molecular formula is C13H19NO5S2. The number of hydrogen-bond donors (Lipinski definition) is 1. The van der Waals surface area contributed by atoms with Crippen LogP contribution in [0, 0.1) is 0 Å². The Balaban J connectivity index is 2.40. The van der Waals surface area contributed by atoms with E-state index in [-0.39, 0.29) is 21.6 Å². The quantitative estimate of drug-likeness (QED) is 0.869. The molecule has 0 spiro atoms. The predicted molar refractivity (Wildman–Crippen MR) is 79.2 cm³/mol. The molecule has 1 unspecified atom stereocenters. The van der Waals surface area contributed by atoms with Gasteiger partial charge in [0.25, 0.3) is 0 Å². The van der Waals surface area contributed by atoms with Gasteiger partial charge in [-0.3, -0.25) is 0 Å². The first-order valence-electron chi connectivity index (χ1n) is 6.59. The van der Waals surface area contributed by atoms with Gasteiger partial charge in [0.2, 0.25) is 0 Å². The van der Waals surface area contributed by atoms with Crippen LogP contribution in [0.1, 0.15) is 12.8 Å². The van der Waals surface area contributed by atoms with Gasteiger partial charge in [0, 0.05) is 19.1 Å². The molecule has 1 aromatic carbocycles. The summed E-state index contributed by atoms with van der Waals surface area (Å²) in [6.07, 6.45) is 3.77. The second-order valence-electron chi connectivity index (χ2n) is 5.24. The number of benzene rings is 1. The van der Waals surface area contributed by atoms with Crippen molar-refractivity contribution in [2.24, 2.45) is 0 Å². The number of ether oxygens (including phenoxy) is 1. The lowest BCUT2D eigenvalue weighted by Crippen LogP contribution is -2.37. The van der Waals surface area contributed by atoms with Crippen molar-refractivity contribution in [1.82, 2.24) is 5.32 Å². The van der Waals surface area contributed by atoms with Crippen LogP contribution < -0.4 is 10.1 Å². The van der Waals surface area contributed by atoms with E-state index in [0.717, 1.165) is 38.0 Å². The van der Waals surface area contributed by atoms with E-state index in [0.29, 0.717) is 6.54 Å². The maximum absolute atomic E-state index is 11.9. The molecule has 0 aliphatic carbocycles. The Morgan fingerprint density at radius 3 is 2.38 bits per heavy atom. The van der Waals surface area contributed by atoms with E-state index in [1.807, 2.05) is 0 Å². The van der Waals surface area contributed by atoms with Crippen molar-refractivity contribution in [3.05, 3.63) is 18.2 Å². The van der Waals surface area contributed by atoms with Crippen LogP contribution in [0.4, 0.5) is 0 Å². The first-order valence-corrected chi connectivity index (χ1v) is 10.4. The molecule has 0 amide bonds. The predicted octanol–water partition coefficient (Wildman–Crippen LogP) is 0.624. The molecule has 1 saturated heterocycles.